The number of fused-ring (bicyclic) bond motifs is 5. The number of nitro groups is 1. The Hall–Kier alpha value is -3.29. The second kappa shape index (κ2) is 7.27. The van der Waals surface area contributed by atoms with Crippen LogP contribution in [-0.4, -0.2) is 49.6 Å². The van der Waals surface area contributed by atoms with Crippen molar-refractivity contribution in [1.82, 2.24) is 10.2 Å². The van der Waals surface area contributed by atoms with Gasteiger partial charge in [-0.1, -0.05) is 18.2 Å². The van der Waals surface area contributed by atoms with Crippen LogP contribution in [0.4, 0.5) is 27.5 Å². The molecule has 0 aromatic heterocycles. The van der Waals surface area contributed by atoms with E-state index in [1.54, 1.807) is 31.1 Å². The number of non-ortho nitro benzene ring substituents is 1. The predicted octanol–water partition coefficient (Wildman–Crippen LogP) is 3.66. The lowest BCUT2D eigenvalue weighted by molar-refractivity contribution is -0.384. The van der Waals surface area contributed by atoms with Crippen molar-refractivity contribution < 1.29 is 9.72 Å². The van der Waals surface area contributed by atoms with Crippen molar-refractivity contribution in [2.45, 2.75) is 24.9 Å². The van der Waals surface area contributed by atoms with E-state index in [-0.39, 0.29) is 28.7 Å². The molecule has 8 heteroatoms. The predicted molar refractivity (Wildman–Crippen MR) is 113 cm³/mol. The molecule has 0 aliphatic carbocycles. The number of nitro benzene ring substituents is 1. The SMILES string of the molecule is CN(C)C(=O)NC1CCN2c3ccc([N+](=O)[O-])cc3N(C)c3ccccc3C2C1. The standard InChI is InChI=1S/C21H25N5O3/c1-23(2)21(27)22-14-10-11-25-18-9-8-15(26(28)29)13-20(18)24(3)17-7-5-4-6-16(17)19(25)12-14/h4-9,13-14,19H,10-12H2,1-3H3,(H,22,27). The number of benzene rings is 2. The molecule has 1 fully saturated rings. The fraction of sp³-hybridized carbons (Fsp3) is 0.381. The molecule has 2 atom stereocenters. The maximum atomic E-state index is 12.2. The highest BCUT2D eigenvalue weighted by molar-refractivity contribution is 5.83. The number of nitrogens with one attached hydrogen (secondary N) is 1. The monoisotopic (exact) mass is 395 g/mol. The number of amides is 2. The van der Waals surface area contributed by atoms with Gasteiger partial charge in [-0.3, -0.25) is 10.1 Å². The lowest BCUT2D eigenvalue weighted by atomic mass is 9.90. The van der Waals surface area contributed by atoms with Crippen molar-refractivity contribution in [3.05, 3.63) is 58.1 Å². The number of anilines is 3. The first-order valence-corrected chi connectivity index (χ1v) is 9.72. The number of carbonyl (C=O) groups is 1. The Morgan fingerprint density at radius 1 is 1.17 bits per heavy atom. The number of para-hydroxylation sites is 1. The van der Waals surface area contributed by atoms with Crippen molar-refractivity contribution in [1.29, 1.82) is 0 Å². The first-order chi connectivity index (χ1) is 13.9. The minimum absolute atomic E-state index is 0.0733. The maximum Gasteiger partial charge on any atom is 0.317 e. The molecule has 0 spiro atoms. The highest BCUT2D eigenvalue weighted by Crippen LogP contribution is 2.48. The van der Waals surface area contributed by atoms with Gasteiger partial charge in [0.15, 0.2) is 0 Å². The molecule has 1 N–H and O–H groups in total. The van der Waals surface area contributed by atoms with Crippen LogP contribution in [0.5, 0.6) is 0 Å². The molecule has 2 amide bonds. The van der Waals surface area contributed by atoms with E-state index in [4.69, 9.17) is 0 Å². The van der Waals surface area contributed by atoms with Crippen LogP contribution in [0.1, 0.15) is 24.4 Å². The molecule has 1 saturated heterocycles. The van der Waals surface area contributed by atoms with E-state index in [1.165, 1.54) is 0 Å². The molecule has 2 unspecified atom stereocenters. The van der Waals surface area contributed by atoms with Crippen molar-refractivity contribution in [3.8, 4) is 0 Å². The summed E-state index contributed by atoms with van der Waals surface area (Å²) in [5.74, 6) is 0. The summed E-state index contributed by atoms with van der Waals surface area (Å²) in [6.45, 7) is 0.760. The number of hydrogen-bond acceptors (Lipinski definition) is 5. The van der Waals surface area contributed by atoms with Crippen LogP contribution >= 0.6 is 0 Å². The Morgan fingerprint density at radius 3 is 2.66 bits per heavy atom. The van der Waals surface area contributed by atoms with Gasteiger partial charge >= 0.3 is 6.03 Å². The van der Waals surface area contributed by atoms with Crippen molar-refractivity contribution >= 4 is 28.8 Å². The molecular formula is C21H25N5O3. The Bertz CT molecular complexity index is 961. The molecule has 29 heavy (non-hydrogen) atoms. The molecule has 8 nitrogen and oxygen atoms in total. The van der Waals surface area contributed by atoms with Gasteiger partial charge in [-0.05, 0) is 30.5 Å². The number of carbonyl (C=O) groups excluding carboxylic acids is 1. The third-order valence-corrected chi connectivity index (χ3v) is 5.83. The molecule has 4 rings (SSSR count). The minimum Gasteiger partial charge on any atom is -0.363 e. The molecule has 0 saturated carbocycles. The van der Waals surface area contributed by atoms with Gasteiger partial charge in [-0.2, -0.15) is 0 Å². The molecule has 2 aromatic rings. The molecular weight excluding hydrogens is 370 g/mol. The third-order valence-electron chi connectivity index (χ3n) is 5.83. The van der Waals surface area contributed by atoms with Gasteiger partial charge in [0, 0.05) is 51.5 Å². The van der Waals surface area contributed by atoms with E-state index in [0.29, 0.717) is 0 Å². The lowest BCUT2D eigenvalue weighted by Gasteiger charge is -2.41. The summed E-state index contributed by atoms with van der Waals surface area (Å²) < 4.78 is 0. The largest absolute Gasteiger partial charge is 0.363 e. The van der Waals surface area contributed by atoms with E-state index < -0.39 is 0 Å². The Balaban J connectivity index is 1.77. The summed E-state index contributed by atoms with van der Waals surface area (Å²) in [6, 6.07) is 13.3. The average Bonchev–Trinajstić information content (AvgIpc) is 2.81. The fourth-order valence-electron chi connectivity index (χ4n) is 4.32. The number of piperidine rings is 1. The quantitative estimate of drug-likeness (QED) is 0.620. The second-order valence-corrected chi connectivity index (χ2v) is 7.82. The zero-order valence-corrected chi connectivity index (χ0v) is 16.8. The van der Waals surface area contributed by atoms with Crippen LogP contribution in [0.25, 0.3) is 0 Å². The van der Waals surface area contributed by atoms with Gasteiger partial charge in [-0.25, -0.2) is 4.79 Å². The van der Waals surface area contributed by atoms with Crippen LogP contribution in [0.3, 0.4) is 0 Å². The minimum atomic E-state index is -0.356. The van der Waals surface area contributed by atoms with Crippen LogP contribution in [0.15, 0.2) is 42.5 Å². The molecule has 2 aromatic carbocycles. The van der Waals surface area contributed by atoms with E-state index in [9.17, 15) is 14.9 Å². The summed E-state index contributed by atoms with van der Waals surface area (Å²) in [5, 5.41) is 14.5. The maximum absolute atomic E-state index is 12.2. The normalized spacial score (nSPS) is 20.1. The average molecular weight is 395 g/mol. The number of rotatable bonds is 2. The molecule has 2 aliphatic heterocycles. The smallest absolute Gasteiger partial charge is 0.317 e. The van der Waals surface area contributed by atoms with Gasteiger partial charge in [0.1, 0.15) is 0 Å². The topological polar surface area (TPSA) is 82.0 Å². The van der Waals surface area contributed by atoms with Crippen molar-refractivity contribution in [2.24, 2.45) is 0 Å². The molecule has 0 radical (unpaired) electrons. The lowest BCUT2D eigenvalue weighted by Crippen LogP contribution is -2.48. The zero-order chi connectivity index (χ0) is 20.7. The van der Waals surface area contributed by atoms with Crippen LogP contribution in [0.2, 0.25) is 0 Å². The first-order valence-electron chi connectivity index (χ1n) is 9.72. The van der Waals surface area contributed by atoms with Gasteiger partial charge in [0.2, 0.25) is 0 Å². The van der Waals surface area contributed by atoms with Crippen LogP contribution < -0.4 is 15.1 Å². The van der Waals surface area contributed by atoms with E-state index in [1.807, 2.05) is 36.2 Å². The number of urea groups is 1. The summed E-state index contributed by atoms with van der Waals surface area (Å²) in [6.07, 6.45) is 1.60. The van der Waals surface area contributed by atoms with Crippen molar-refractivity contribution in [2.75, 3.05) is 37.5 Å². The van der Waals surface area contributed by atoms with Gasteiger partial charge in [0.25, 0.3) is 5.69 Å². The Morgan fingerprint density at radius 2 is 1.93 bits per heavy atom. The van der Waals surface area contributed by atoms with Crippen LogP contribution in [0, 0.1) is 10.1 Å². The molecule has 2 aliphatic rings. The Kier molecular flexibility index (Phi) is 4.77. The molecule has 0 bridgehead atoms. The highest BCUT2D eigenvalue weighted by Gasteiger charge is 2.36. The fourth-order valence-corrected chi connectivity index (χ4v) is 4.32. The van der Waals surface area contributed by atoms with Gasteiger partial charge < -0.3 is 20.0 Å². The first kappa shape index (κ1) is 19.0. The van der Waals surface area contributed by atoms with E-state index in [2.05, 4.69) is 16.3 Å². The molecule has 2 heterocycles. The summed E-state index contributed by atoms with van der Waals surface area (Å²) in [4.78, 5) is 29.0. The number of hydrogen-bond donors (Lipinski definition) is 1. The van der Waals surface area contributed by atoms with Gasteiger partial charge in [0.05, 0.1) is 22.3 Å². The molecule has 152 valence electrons. The van der Waals surface area contributed by atoms with Crippen molar-refractivity contribution in [3.63, 3.8) is 0 Å². The summed E-state index contributed by atoms with van der Waals surface area (Å²) in [7, 11) is 5.43. The third kappa shape index (κ3) is 3.35. The summed E-state index contributed by atoms with van der Waals surface area (Å²) in [5.41, 5.74) is 4.08. The van der Waals surface area contributed by atoms with Crippen LogP contribution in [-0.2, 0) is 0 Å². The summed E-state index contributed by atoms with van der Waals surface area (Å²) >= 11 is 0. The Labute approximate surface area is 169 Å². The van der Waals surface area contributed by atoms with Gasteiger partial charge in [-0.15, -0.1) is 0 Å². The highest BCUT2D eigenvalue weighted by atomic mass is 16.6. The zero-order valence-electron chi connectivity index (χ0n) is 16.8. The van der Waals surface area contributed by atoms with E-state index in [0.717, 1.165) is 42.0 Å². The number of nitrogens with zero attached hydrogens (tertiary/aromatic N) is 4. The van der Waals surface area contributed by atoms with E-state index >= 15 is 0 Å². The second-order valence-electron chi connectivity index (χ2n) is 7.82.